The molecule has 22 heavy (non-hydrogen) atoms. The molecule has 3 heteroatoms. The van der Waals surface area contributed by atoms with Gasteiger partial charge in [-0.1, -0.05) is 35.9 Å². The predicted molar refractivity (Wildman–Crippen MR) is 91.4 cm³/mol. The summed E-state index contributed by atoms with van der Waals surface area (Å²) in [6.07, 6.45) is 0. The summed E-state index contributed by atoms with van der Waals surface area (Å²) in [5.41, 5.74) is 6.40. The van der Waals surface area contributed by atoms with E-state index in [1.165, 1.54) is 22.3 Å². The first kappa shape index (κ1) is 14.7. The van der Waals surface area contributed by atoms with Crippen LogP contribution in [0.5, 0.6) is 0 Å². The minimum atomic E-state index is 0.519. The molecule has 2 aromatic carbocycles. The Labute approximate surface area is 135 Å². The topological polar surface area (TPSA) is 28.7 Å². The van der Waals surface area contributed by atoms with E-state index in [2.05, 4.69) is 51.1 Å². The molecular weight excluding hydrogens is 292 g/mol. The lowest BCUT2D eigenvalue weighted by molar-refractivity contribution is 0.830. The molecule has 0 unspecified atom stereocenters. The van der Waals surface area contributed by atoms with Crippen molar-refractivity contribution in [2.24, 2.45) is 0 Å². The molecule has 0 radical (unpaired) electrons. The van der Waals surface area contributed by atoms with Gasteiger partial charge in [0.1, 0.15) is 11.2 Å². The first-order chi connectivity index (χ1) is 10.5. The molecule has 0 saturated heterocycles. The van der Waals surface area contributed by atoms with Crippen molar-refractivity contribution in [1.82, 2.24) is 4.57 Å². The number of fused-ring (bicyclic) bond motifs is 1. The molecule has 0 amide bonds. The van der Waals surface area contributed by atoms with Gasteiger partial charge in [0.25, 0.3) is 0 Å². The van der Waals surface area contributed by atoms with E-state index in [9.17, 15) is 5.26 Å². The van der Waals surface area contributed by atoms with E-state index >= 15 is 0 Å². The number of nitrogens with zero attached hydrogens (tertiary/aromatic N) is 2. The van der Waals surface area contributed by atoms with Crippen molar-refractivity contribution in [3.05, 3.63) is 69.4 Å². The third kappa shape index (κ3) is 2.28. The quantitative estimate of drug-likeness (QED) is 0.644. The fourth-order valence-corrected chi connectivity index (χ4v) is 3.09. The van der Waals surface area contributed by atoms with Crippen molar-refractivity contribution in [3.8, 4) is 6.07 Å². The number of hydrogen-bond donors (Lipinski definition) is 0. The van der Waals surface area contributed by atoms with E-state index in [0.29, 0.717) is 17.3 Å². The second kappa shape index (κ2) is 5.51. The highest BCUT2D eigenvalue weighted by Crippen LogP contribution is 2.32. The third-order valence-electron chi connectivity index (χ3n) is 4.32. The summed E-state index contributed by atoms with van der Waals surface area (Å²) >= 11 is 6.50. The van der Waals surface area contributed by atoms with Crippen molar-refractivity contribution >= 4 is 22.5 Å². The largest absolute Gasteiger partial charge is 0.326 e. The number of halogens is 1. The minimum Gasteiger partial charge on any atom is -0.326 e. The van der Waals surface area contributed by atoms with Crippen LogP contribution in [0.15, 0.2) is 36.4 Å². The molecule has 0 fully saturated rings. The SMILES string of the molecule is Cc1cc2c(C#N)c(Cl)n(Cc3ccccc3C)c2cc1C. The van der Waals surface area contributed by atoms with Gasteiger partial charge in [-0.2, -0.15) is 5.26 Å². The number of aromatic nitrogens is 1. The van der Waals surface area contributed by atoms with Crippen LogP contribution in [0.3, 0.4) is 0 Å². The van der Waals surface area contributed by atoms with Gasteiger partial charge in [0.05, 0.1) is 11.1 Å². The van der Waals surface area contributed by atoms with Gasteiger partial charge < -0.3 is 4.57 Å². The molecule has 0 bridgehead atoms. The molecule has 3 aromatic rings. The Hall–Kier alpha value is -2.24. The van der Waals surface area contributed by atoms with Crippen molar-refractivity contribution in [2.45, 2.75) is 27.3 Å². The van der Waals surface area contributed by atoms with E-state index in [1.54, 1.807) is 0 Å². The van der Waals surface area contributed by atoms with Crippen LogP contribution in [-0.2, 0) is 6.54 Å². The van der Waals surface area contributed by atoms with Crippen LogP contribution in [-0.4, -0.2) is 4.57 Å². The number of nitriles is 1. The summed E-state index contributed by atoms with van der Waals surface area (Å²) in [6.45, 7) is 6.91. The fourth-order valence-electron chi connectivity index (χ4n) is 2.80. The monoisotopic (exact) mass is 308 g/mol. The lowest BCUT2D eigenvalue weighted by atomic mass is 10.1. The van der Waals surface area contributed by atoms with Gasteiger partial charge in [0.2, 0.25) is 0 Å². The van der Waals surface area contributed by atoms with Gasteiger partial charge in [-0.3, -0.25) is 0 Å². The Kier molecular flexibility index (Phi) is 3.68. The molecule has 0 saturated carbocycles. The van der Waals surface area contributed by atoms with E-state index < -0.39 is 0 Å². The molecule has 0 aliphatic heterocycles. The molecule has 2 nitrogen and oxygen atoms in total. The Morgan fingerprint density at radius 1 is 1.05 bits per heavy atom. The van der Waals surface area contributed by atoms with Crippen LogP contribution in [0.4, 0.5) is 0 Å². The summed E-state index contributed by atoms with van der Waals surface area (Å²) in [5.74, 6) is 0. The molecule has 0 aliphatic rings. The summed E-state index contributed by atoms with van der Waals surface area (Å²) in [7, 11) is 0. The van der Waals surface area contributed by atoms with Crippen LogP contribution >= 0.6 is 11.6 Å². The van der Waals surface area contributed by atoms with Crippen LogP contribution < -0.4 is 0 Å². The summed E-state index contributed by atoms with van der Waals surface area (Å²) in [4.78, 5) is 0. The maximum Gasteiger partial charge on any atom is 0.128 e. The lowest BCUT2D eigenvalue weighted by Crippen LogP contribution is -2.01. The zero-order valence-corrected chi connectivity index (χ0v) is 13.7. The Morgan fingerprint density at radius 3 is 2.41 bits per heavy atom. The van der Waals surface area contributed by atoms with Crippen LogP contribution in [0.25, 0.3) is 10.9 Å². The van der Waals surface area contributed by atoms with Crippen LogP contribution in [0.1, 0.15) is 27.8 Å². The molecule has 0 spiro atoms. The van der Waals surface area contributed by atoms with Crippen molar-refractivity contribution in [1.29, 1.82) is 5.26 Å². The van der Waals surface area contributed by atoms with Gasteiger partial charge in [-0.15, -0.1) is 0 Å². The van der Waals surface area contributed by atoms with Crippen LogP contribution in [0, 0.1) is 32.1 Å². The molecule has 110 valence electrons. The molecular formula is C19H17ClN2. The van der Waals surface area contributed by atoms with Gasteiger partial charge in [-0.05, 0) is 55.2 Å². The number of rotatable bonds is 2. The van der Waals surface area contributed by atoms with E-state index in [4.69, 9.17) is 11.6 Å². The molecule has 3 rings (SSSR count). The smallest absolute Gasteiger partial charge is 0.128 e. The van der Waals surface area contributed by atoms with Crippen molar-refractivity contribution < 1.29 is 0 Å². The first-order valence-electron chi connectivity index (χ1n) is 7.26. The highest BCUT2D eigenvalue weighted by Gasteiger charge is 2.17. The first-order valence-corrected chi connectivity index (χ1v) is 7.64. The summed E-state index contributed by atoms with van der Waals surface area (Å²) in [6, 6.07) is 14.7. The maximum atomic E-state index is 9.46. The second-order valence-corrected chi connectivity index (χ2v) is 6.10. The normalized spacial score (nSPS) is 10.9. The zero-order chi connectivity index (χ0) is 15.9. The van der Waals surface area contributed by atoms with Gasteiger partial charge in [0.15, 0.2) is 0 Å². The van der Waals surface area contributed by atoms with Crippen molar-refractivity contribution in [2.75, 3.05) is 0 Å². The molecule has 0 atom stereocenters. The number of aryl methyl sites for hydroxylation is 3. The Balaban J connectivity index is 2.26. The lowest BCUT2D eigenvalue weighted by Gasteiger charge is -2.10. The van der Waals surface area contributed by atoms with Crippen molar-refractivity contribution in [3.63, 3.8) is 0 Å². The zero-order valence-electron chi connectivity index (χ0n) is 12.9. The van der Waals surface area contributed by atoms with Crippen LogP contribution in [0.2, 0.25) is 5.15 Å². The average molecular weight is 309 g/mol. The Bertz CT molecular complexity index is 913. The Morgan fingerprint density at radius 2 is 1.73 bits per heavy atom. The highest BCUT2D eigenvalue weighted by molar-refractivity contribution is 6.32. The average Bonchev–Trinajstić information content (AvgIpc) is 2.74. The summed E-state index contributed by atoms with van der Waals surface area (Å²) in [5, 5.41) is 10.9. The van der Waals surface area contributed by atoms with Gasteiger partial charge in [-0.25, -0.2) is 0 Å². The standard InChI is InChI=1S/C19H17ClN2/c1-12-6-4-5-7-15(12)11-22-18-9-14(3)13(2)8-16(18)17(10-21)19(22)20/h4-9H,11H2,1-3H3. The number of hydrogen-bond acceptors (Lipinski definition) is 1. The highest BCUT2D eigenvalue weighted by atomic mass is 35.5. The second-order valence-electron chi connectivity index (χ2n) is 5.74. The van der Waals surface area contributed by atoms with Gasteiger partial charge in [0, 0.05) is 11.9 Å². The van der Waals surface area contributed by atoms with Gasteiger partial charge >= 0.3 is 0 Å². The van der Waals surface area contributed by atoms with E-state index in [1.807, 2.05) is 16.7 Å². The number of benzene rings is 2. The summed E-state index contributed by atoms with van der Waals surface area (Å²) < 4.78 is 2.03. The minimum absolute atomic E-state index is 0.519. The molecule has 1 aromatic heterocycles. The third-order valence-corrected chi connectivity index (χ3v) is 4.71. The fraction of sp³-hybridized carbons (Fsp3) is 0.211. The molecule has 1 heterocycles. The maximum absolute atomic E-state index is 9.46. The predicted octanol–water partition coefficient (Wildman–Crippen LogP) is 5.14. The molecule has 0 N–H and O–H groups in total. The molecule has 0 aliphatic carbocycles. The van der Waals surface area contributed by atoms with E-state index in [0.717, 1.165) is 10.9 Å². The van der Waals surface area contributed by atoms with E-state index in [-0.39, 0.29) is 0 Å².